The molecule has 2 aromatic rings. The Morgan fingerprint density at radius 2 is 1.76 bits per heavy atom. The van der Waals surface area contributed by atoms with Gasteiger partial charge in [-0.05, 0) is 92.5 Å². The van der Waals surface area contributed by atoms with Crippen LogP contribution >= 0.6 is 11.6 Å². The molecule has 2 aromatic carbocycles. The van der Waals surface area contributed by atoms with Crippen molar-refractivity contribution in [1.82, 2.24) is 5.32 Å². The van der Waals surface area contributed by atoms with Crippen LogP contribution in [0.4, 0.5) is 18.9 Å². The van der Waals surface area contributed by atoms with E-state index in [9.17, 15) is 22.8 Å². The van der Waals surface area contributed by atoms with E-state index in [0.29, 0.717) is 48.9 Å². The number of hydrogen-bond donors (Lipinski definition) is 1. The fourth-order valence-electron chi connectivity index (χ4n) is 5.55. The lowest BCUT2D eigenvalue weighted by Gasteiger charge is -2.34. The summed E-state index contributed by atoms with van der Waals surface area (Å²) in [5.41, 5.74) is 1.46. The molecule has 2 atom stereocenters. The van der Waals surface area contributed by atoms with Gasteiger partial charge in [0.2, 0.25) is 5.91 Å². The number of nitrogens with zero attached hydrogens (tertiary/aromatic N) is 1. The van der Waals surface area contributed by atoms with E-state index in [-0.39, 0.29) is 23.8 Å². The normalized spacial score (nSPS) is 20.6. The number of hydrogen-bond acceptors (Lipinski definition) is 4. The van der Waals surface area contributed by atoms with Gasteiger partial charge >= 0.3 is 12.1 Å². The van der Waals surface area contributed by atoms with Crippen molar-refractivity contribution in [3.63, 3.8) is 0 Å². The number of ether oxygens (including phenoxy) is 1. The predicted molar refractivity (Wildman–Crippen MR) is 137 cm³/mol. The summed E-state index contributed by atoms with van der Waals surface area (Å²) in [5, 5.41) is 3.84. The largest absolute Gasteiger partial charge is 0.465 e. The van der Waals surface area contributed by atoms with Gasteiger partial charge < -0.3 is 15.0 Å². The maximum atomic E-state index is 13.1. The third kappa shape index (κ3) is 6.78. The Hall–Kier alpha value is -2.74. The maximum absolute atomic E-state index is 13.1. The molecule has 1 aliphatic heterocycles. The van der Waals surface area contributed by atoms with Crippen LogP contribution in [-0.4, -0.2) is 38.1 Å². The average Bonchev–Trinajstić information content (AvgIpc) is 3.33. The number of aryl methyl sites for hydroxylation is 1. The molecule has 2 fully saturated rings. The molecule has 0 spiro atoms. The second kappa shape index (κ2) is 11.8. The molecule has 9 heteroatoms. The van der Waals surface area contributed by atoms with Crippen molar-refractivity contribution < 1.29 is 27.5 Å². The molecule has 1 saturated heterocycles. The number of carbonyl (C=O) groups excluding carboxylic acids is 2. The molecule has 0 unspecified atom stereocenters. The highest BCUT2D eigenvalue weighted by molar-refractivity contribution is 6.30. The van der Waals surface area contributed by atoms with Crippen LogP contribution in [0.1, 0.15) is 60.0 Å². The summed E-state index contributed by atoms with van der Waals surface area (Å²) >= 11 is 6.16. The topological polar surface area (TPSA) is 58.6 Å². The Morgan fingerprint density at radius 1 is 1.05 bits per heavy atom. The standard InChI is InChI=1S/C28H32ClF3N2O3/c1-37-27(36)24-12-9-22(29)17-20(24)6-5-18-3-2-4-25(18)33-26(35)19-13-15-34(16-14-19)23-10-7-21(8-11-23)28(30,31)32/h7-12,17-19,25H,2-6,13-16H2,1H3,(H,33,35)/t18-,25+/m0/s1. The molecule has 0 bridgehead atoms. The van der Waals surface area contributed by atoms with Gasteiger partial charge in [-0.1, -0.05) is 18.0 Å². The molecule has 2 aliphatic rings. The van der Waals surface area contributed by atoms with Gasteiger partial charge in [0, 0.05) is 35.8 Å². The van der Waals surface area contributed by atoms with Gasteiger partial charge in [-0.2, -0.15) is 13.2 Å². The highest BCUT2D eigenvalue weighted by Crippen LogP contribution is 2.33. The fraction of sp³-hybridized carbons (Fsp3) is 0.500. The number of benzene rings is 2. The third-order valence-electron chi connectivity index (χ3n) is 7.67. The Kier molecular flexibility index (Phi) is 8.67. The van der Waals surface area contributed by atoms with Gasteiger partial charge in [-0.3, -0.25) is 4.79 Å². The first-order valence-electron chi connectivity index (χ1n) is 12.7. The second-order valence-electron chi connectivity index (χ2n) is 9.94. The van der Waals surface area contributed by atoms with Gasteiger partial charge in [0.05, 0.1) is 18.2 Å². The molecule has 1 heterocycles. The summed E-state index contributed by atoms with van der Waals surface area (Å²) in [7, 11) is 1.36. The van der Waals surface area contributed by atoms with Crippen LogP contribution in [0.3, 0.4) is 0 Å². The van der Waals surface area contributed by atoms with Gasteiger partial charge in [-0.15, -0.1) is 0 Å². The molecule has 1 amide bonds. The summed E-state index contributed by atoms with van der Waals surface area (Å²) < 4.78 is 43.4. The zero-order valence-corrected chi connectivity index (χ0v) is 21.6. The van der Waals surface area contributed by atoms with Gasteiger partial charge in [0.1, 0.15) is 0 Å². The van der Waals surface area contributed by atoms with E-state index in [2.05, 4.69) is 5.32 Å². The molecular formula is C28H32ClF3N2O3. The maximum Gasteiger partial charge on any atom is 0.416 e. The number of esters is 1. The number of anilines is 1. The van der Waals surface area contributed by atoms with Crippen LogP contribution in [-0.2, 0) is 22.1 Å². The molecule has 200 valence electrons. The number of piperidine rings is 1. The number of halogens is 4. The molecule has 0 aromatic heterocycles. The van der Waals surface area contributed by atoms with Crippen LogP contribution in [0.15, 0.2) is 42.5 Å². The van der Waals surface area contributed by atoms with Crippen LogP contribution in [0.5, 0.6) is 0 Å². The zero-order chi connectivity index (χ0) is 26.6. The average molecular weight is 537 g/mol. The summed E-state index contributed by atoms with van der Waals surface area (Å²) in [6, 6.07) is 10.5. The van der Waals surface area contributed by atoms with Crippen molar-refractivity contribution in [2.75, 3.05) is 25.1 Å². The number of rotatable bonds is 7. The molecule has 1 N–H and O–H groups in total. The molecule has 4 rings (SSSR count). The smallest absolute Gasteiger partial charge is 0.416 e. The van der Waals surface area contributed by atoms with Crippen molar-refractivity contribution in [2.24, 2.45) is 11.8 Å². The van der Waals surface area contributed by atoms with E-state index < -0.39 is 11.7 Å². The Morgan fingerprint density at radius 3 is 2.41 bits per heavy atom. The highest BCUT2D eigenvalue weighted by Gasteiger charge is 2.33. The predicted octanol–water partition coefficient (Wildman–Crippen LogP) is 6.28. The van der Waals surface area contributed by atoms with Crippen LogP contribution in [0.2, 0.25) is 5.02 Å². The molecule has 5 nitrogen and oxygen atoms in total. The lowest BCUT2D eigenvalue weighted by molar-refractivity contribution is -0.137. The van der Waals surface area contributed by atoms with Crippen molar-refractivity contribution in [3.8, 4) is 0 Å². The van der Waals surface area contributed by atoms with E-state index in [1.807, 2.05) is 4.90 Å². The minimum Gasteiger partial charge on any atom is -0.465 e. The SMILES string of the molecule is COC(=O)c1ccc(Cl)cc1CC[C@@H]1CCC[C@H]1NC(=O)C1CCN(c2ccc(C(F)(F)F)cc2)CC1. The number of methoxy groups -OCH3 is 1. The first kappa shape index (κ1) is 27.3. The van der Waals surface area contributed by atoms with E-state index >= 15 is 0 Å². The van der Waals surface area contributed by atoms with E-state index in [1.165, 1.54) is 19.2 Å². The van der Waals surface area contributed by atoms with Crippen LogP contribution in [0.25, 0.3) is 0 Å². The first-order chi connectivity index (χ1) is 17.7. The van der Waals surface area contributed by atoms with E-state index in [1.54, 1.807) is 18.2 Å². The van der Waals surface area contributed by atoms with Crippen molar-refractivity contribution in [1.29, 1.82) is 0 Å². The highest BCUT2D eigenvalue weighted by atomic mass is 35.5. The Balaban J connectivity index is 1.29. The molecule has 1 aliphatic carbocycles. The summed E-state index contributed by atoms with van der Waals surface area (Å²) in [6.07, 6.45) is 1.48. The Labute approximate surface area is 220 Å². The number of alkyl halides is 3. The second-order valence-corrected chi connectivity index (χ2v) is 10.4. The lowest BCUT2D eigenvalue weighted by Crippen LogP contribution is -2.45. The fourth-order valence-corrected chi connectivity index (χ4v) is 5.75. The summed E-state index contributed by atoms with van der Waals surface area (Å²) in [4.78, 5) is 27.2. The van der Waals surface area contributed by atoms with Crippen molar-refractivity contribution in [3.05, 3.63) is 64.2 Å². The first-order valence-corrected chi connectivity index (χ1v) is 13.1. The number of amides is 1. The minimum atomic E-state index is -4.35. The molecular weight excluding hydrogens is 505 g/mol. The molecule has 1 saturated carbocycles. The van der Waals surface area contributed by atoms with Crippen molar-refractivity contribution >= 4 is 29.2 Å². The van der Waals surface area contributed by atoms with E-state index in [0.717, 1.165) is 49.1 Å². The monoisotopic (exact) mass is 536 g/mol. The molecule has 0 radical (unpaired) electrons. The third-order valence-corrected chi connectivity index (χ3v) is 7.90. The number of nitrogens with one attached hydrogen (secondary N) is 1. The van der Waals surface area contributed by atoms with Gasteiger partial charge in [-0.25, -0.2) is 4.79 Å². The Bertz CT molecular complexity index is 1100. The van der Waals surface area contributed by atoms with Crippen LogP contribution < -0.4 is 10.2 Å². The van der Waals surface area contributed by atoms with Crippen LogP contribution in [0, 0.1) is 11.8 Å². The summed E-state index contributed by atoms with van der Waals surface area (Å²) in [6.45, 7) is 1.26. The van der Waals surface area contributed by atoms with Crippen molar-refractivity contribution in [2.45, 2.75) is 57.2 Å². The van der Waals surface area contributed by atoms with Gasteiger partial charge in [0.25, 0.3) is 0 Å². The quantitative estimate of drug-likeness (QED) is 0.423. The summed E-state index contributed by atoms with van der Waals surface area (Å²) in [5.74, 6) is -0.112. The number of carbonyl (C=O) groups is 2. The lowest BCUT2D eigenvalue weighted by atomic mass is 9.91. The minimum absolute atomic E-state index is 0.0574. The van der Waals surface area contributed by atoms with Gasteiger partial charge in [0.15, 0.2) is 0 Å². The molecule has 37 heavy (non-hydrogen) atoms. The van der Waals surface area contributed by atoms with E-state index in [4.69, 9.17) is 16.3 Å². The zero-order valence-electron chi connectivity index (χ0n) is 20.8.